The van der Waals surface area contributed by atoms with E-state index in [0.717, 1.165) is 23.0 Å². The smallest absolute Gasteiger partial charge is 0.220 e. The number of nitrogens with zero attached hydrogens (tertiary/aromatic N) is 2. The molecule has 1 amide bonds. The molecule has 5 nitrogen and oxygen atoms in total. The minimum atomic E-state index is -0.315. The molecule has 0 unspecified atom stereocenters. The lowest BCUT2D eigenvalue weighted by atomic mass is 10.0. The molecule has 3 rings (SSSR count). The van der Waals surface area contributed by atoms with Crippen LogP contribution in [0.15, 0.2) is 30.6 Å². The van der Waals surface area contributed by atoms with Crippen LogP contribution in [0.4, 0.5) is 4.39 Å². The average molecular weight is 328 g/mol. The fourth-order valence-electron chi connectivity index (χ4n) is 2.78. The van der Waals surface area contributed by atoms with Crippen LogP contribution in [-0.4, -0.2) is 20.7 Å². The lowest BCUT2D eigenvalue weighted by Gasteiger charge is -2.06. The Morgan fingerprint density at radius 1 is 1.38 bits per heavy atom. The third-order valence-corrected chi connectivity index (χ3v) is 4.14. The van der Waals surface area contributed by atoms with Crippen molar-refractivity contribution in [1.29, 1.82) is 0 Å². The van der Waals surface area contributed by atoms with Crippen LogP contribution in [0.1, 0.15) is 30.2 Å². The van der Waals surface area contributed by atoms with Crippen molar-refractivity contribution in [2.24, 2.45) is 0 Å². The van der Waals surface area contributed by atoms with Gasteiger partial charge in [-0.25, -0.2) is 4.39 Å². The standard InChI is InChI=1S/C18H21FN4O/c1-3-18(24)20-10-16-7-14-6-12(2)13(8-17(14)22-16)4-5-23-11-15(19)9-21-23/h6-9,11,22H,3-5,10H2,1-2H3,(H,20,24). The molecular weight excluding hydrogens is 307 g/mol. The SMILES string of the molecule is CCC(=O)NCc1cc2cc(C)c(CCn3cc(F)cn3)cc2[nH]1. The van der Waals surface area contributed by atoms with Crippen LogP contribution in [0.25, 0.3) is 10.9 Å². The maximum Gasteiger partial charge on any atom is 0.220 e. The van der Waals surface area contributed by atoms with Gasteiger partial charge in [-0.15, -0.1) is 0 Å². The number of aromatic amines is 1. The van der Waals surface area contributed by atoms with Gasteiger partial charge in [0.05, 0.1) is 18.9 Å². The number of H-pyrrole nitrogens is 1. The van der Waals surface area contributed by atoms with Crippen molar-refractivity contribution in [2.75, 3.05) is 0 Å². The Kier molecular flexibility index (Phi) is 4.64. The van der Waals surface area contributed by atoms with E-state index in [0.29, 0.717) is 19.5 Å². The molecule has 0 fully saturated rings. The molecule has 126 valence electrons. The first-order chi connectivity index (χ1) is 11.5. The van der Waals surface area contributed by atoms with E-state index in [1.807, 2.05) is 6.92 Å². The Hall–Kier alpha value is -2.63. The number of nitrogens with one attached hydrogen (secondary N) is 2. The van der Waals surface area contributed by atoms with Crippen LogP contribution in [0, 0.1) is 12.7 Å². The molecule has 2 aromatic heterocycles. The second kappa shape index (κ2) is 6.86. The third-order valence-electron chi connectivity index (χ3n) is 4.14. The molecule has 1 aromatic carbocycles. The Morgan fingerprint density at radius 2 is 2.21 bits per heavy atom. The van der Waals surface area contributed by atoms with Gasteiger partial charge in [-0.1, -0.05) is 6.92 Å². The number of benzene rings is 1. The lowest BCUT2D eigenvalue weighted by Crippen LogP contribution is -2.21. The summed E-state index contributed by atoms with van der Waals surface area (Å²) in [5.74, 6) is -0.276. The minimum absolute atomic E-state index is 0.0389. The summed E-state index contributed by atoms with van der Waals surface area (Å²) in [6.07, 6.45) is 3.89. The number of fused-ring (bicyclic) bond motifs is 1. The Labute approximate surface area is 139 Å². The molecule has 0 spiro atoms. The molecule has 24 heavy (non-hydrogen) atoms. The van der Waals surface area contributed by atoms with Crippen LogP contribution in [-0.2, 0) is 24.3 Å². The maximum absolute atomic E-state index is 13.0. The number of hydrogen-bond donors (Lipinski definition) is 2. The summed E-state index contributed by atoms with van der Waals surface area (Å²) in [4.78, 5) is 14.7. The van der Waals surface area contributed by atoms with E-state index in [2.05, 4.69) is 40.5 Å². The van der Waals surface area contributed by atoms with E-state index in [9.17, 15) is 9.18 Å². The van der Waals surface area contributed by atoms with Crippen molar-refractivity contribution in [3.05, 3.63) is 53.2 Å². The normalized spacial score (nSPS) is 11.1. The zero-order chi connectivity index (χ0) is 17.1. The van der Waals surface area contributed by atoms with Crippen LogP contribution < -0.4 is 5.32 Å². The predicted octanol–water partition coefficient (Wildman–Crippen LogP) is 3.08. The fourth-order valence-corrected chi connectivity index (χ4v) is 2.78. The predicted molar refractivity (Wildman–Crippen MR) is 91.1 cm³/mol. The molecule has 0 saturated carbocycles. The highest BCUT2D eigenvalue weighted by Gasteiger charge is 2.07. The summed E-state index contributed by atoms with van der Waals surface area (Å²) in [5.41, 5.74) is 4.42. The highest BCUT2D eigenvalue weighted by Crippen LogP contribution is 2.21. The minimum Gasteiger partial charge on any atom is -0.357 e. The van der Waals surface area contributed by atoms with E-state index >= 15 is 0 Å². The van der Waals surface area contributed by atoms with E-state index < -0.39 is 0 Å². The van der Waals surface area contributed by atoms with Crippen molar-refractivity contribution < 1.29 is 9.18 Å². The highest BCUT2D eigenvalue weighted by molar-refractivity contribution is 5.82. The largest absolute Gasteiger partial charge is 0.357 e. The number of amides is 1. The molecular formula is C18H21FN4O. The summed E-state index contributed by atoms with van der Waals surface area (Å²) >= 11 is 0. The monoisotopic (exact) mass is 328 g/mol. The first-order valence-electron chi connectivity index (χ1n) is 8.11. The summed E-state index contributed by atoms with van der Waals surface area (Å²) in [6, 6.07) is 6.32. The van der Waals surface area contributed by atoms with Gasteiger partial charge in [0.1, 0.15) is 0 Å². The zero-order valence-electron chi connectivity index (χ0n) is 13.9. The van der Waals surface area contributed by atoms with Gasteiger partial charge in [0.25, 0.3) is 0 Å². The van der Waals surface area contributed by atoms with Gasteiger partial charge in [0, 0.05) is 24.2 Å². The van der Waals surface area contributed by atoms with Gasteiger partial charge in [-0.05, 0) is 48.1 Å². The van der Waals surface area contributed by atoms with Crippen molar-refractivity contribution >= 4 is 16.8 Å². The van der Waals surface area contributed by atoms with Crippen LogP contribution in [0.3, 0.4) is 0 Å². The Morgan fingerprint density at radius 3 is 2.92 bits per heavy atom. The second-order valence-corrected chi connectivity index (χ2v) is 5.96. The Balaban J connectivity index is 1.74. The molecule has 2 heterocycles. The quantitative estimate of drug-likeness (QED) is 0.730. The highest BCUT2D eigenvalue weighted by atomic mass is 19.1. The second-order valence-electron chi connectivity index (χ2n) is 5.96. The number of halogens is 1. The topological polar surface area (TPSA) is 62.7 Å². The van der Waals surface area contributed by atoms with Crippen molar-refractivity contribution in [3.8, 4) is 0 Å². The molecule has 0 bridgehead atoms. The number of carbonyl (C=O) groups is 1. The van der Waals surface area contributed by atoms with Gasteiger partial charge >= 0.3 is 0 Å². The number of aryl methyl sites for hydroxylation is 3. The number of rotatable bonds is 6. The maximum atomic E-state index is 13.0. The molecule has 3 aromatic rings. The molecule has 0 radical (unpaired) electrons. The van der Waals surface area contributed by atoms with E-state index in [1.165, 1.54) is 23.5 Å². The number of aromatic nitrogens is 3. The first-order valence-corrected chi connectivity index (χ1v) is 8.11. The molecule has 0 aliphatic heterocycles. The van der Waals surface area contributed by atoms with Crippen LogP contribution in [0.5, 0.6) is 0 Å². The zero-order valence-corrected chi connectivity index (χ0v) is 13.9. The van der Waals surface area contributed by atoms with E-state index in [-0.39, 0.29) is 11.7 Å². The fraction of sp³-hybridized carbons (Fsp3) is 0.333. The molecule has 0 aliphatic rings. The molecule has 0 aliphatic carbocycles. The summed E-state index contributed by atoms with van der Waals surface area (Å²) in [7, 11) is 0. The van der Waals surface area contributed by atoms with Gasteiger partial charge in [0.2, 0.25) is 5.91 Å². The summed E-state index contributed by atoms with van der Waals surface area (Å²) in [6.45, 7) is 5.05. The summed E-state index contributed by atoms with van der Waals surface area (Å²) in [5, 5.41) is 7.97. The molecule has 0 saturated heterocycles. The van der Waals surface area contributed by atoms with Crippen molar-refractivity contribution in [1.82, 2.24) is 20.1 Å². The molecule has 6 heteroatoms. The number of hydrogen-bond acceptors (Lipinski definition) is 2. The third kappa shape index (κ3) is 3.64. The van der Waals surface area contributed by atoms with Gasteiger partial charge < -0.3 is 10.3 Å². The lowest BCUT2D eigenvalue weighted by molar-refractivity contribution is -0.120. The van der Waals surface area contributed by atoms with E-state index in [1.54, 1.807) is 4.68 Å². The van der Waals surface area contributed by atoms with Gasteiger partial charge in [-0.2, -0.15) is 5.10 Å². The van der Waals surface area contributed by atoms with Crippen LogP contribution in [0.2, 0.25) is 0 Å². The average Bonchev–Trinajstić information content (AvgIpc) is 3.15. The van der Waals surface area contributed by atoms with Crippen LogP contribution >= 0.6 is 0 Å². The summed E-state index contributed by atoms with van der Waals surface area (Å²) < 4.78 is 14.6. The molecule has 0 atom stereocenters. The number of carbonyl (C=O) groups excluding carboxylic acids is 1. The van der Waals surface area contributed by atoms with Crippen molar-refractivity contribution in [3.63, 3.8) is 0 Å². The van der Waals surface area contributed by atoms with Crippen molar-refractivity contribution in [2.45, 2.75) is 39.8 Å². The first kappa shape index (κ1) is 16.2. The van der Waals surface area contributed by atoms with E-state index in [4.69, 9.17) is 0 Å². The van der Waals surface area contributed by atoms with Gasteiger partial charge in [-0.3, -0.25) is 9.48 Å². The Bertz CT molecular complexity index is 865. The molecule has 2 N–H and O–H groups in total. The van der Waals surface area contributed by atoms with Gasteiger partial charge in [0.15, 0.2) is 5.82 Å².